The number of fused-ring (bicyclic) bond motifs is 5. The maximum Gasteiger partial charge on any atom is 0.0550 e. The minimum absolute atomic E-state index is 0.0777. The third kappa shape index (κ3) is 20.1. The van der Waals surface area contributed by atoms with Gasteiger partial charge in [0.1, 0.15) is 0 Å². The monoisotopic (exact) mass is 1470 g/mol. The van der Waals surface area contributed by atoms with Crippen molar-refractivity contribution in [3.8, 4) is 39.0 Å². The van der Waals surface area contributed by atoms with Crippen LogP contribution in [0.1, 0.15) is 253 Å². The van der Waals surface area contributed by atoms with Gasteiger partial charge in [-0.2, -0.15) is 0 Å². The first-order chi connectivity index (χ1) is 49.0. The van der Waals surface area contributed by atoms with Crippen LogP contribution in [-0.2, 0) is 112 Å². The Morgan fingerprint density at radius 2 is 0.380 bits per heavy atom. The Balaban J connectivity index is 1.16. The molecule has 100 heavy (non-hydrogen) atoms. The van der Waals surface area contributed by atoms with Crippen molar-refractivity contribution in [1.82, 2.24) is 0 Å². The van der Waals surface area contributed by atoms with Crippen LogP contribution in [0.4, 0.5) is 0 Å². The van der Waals surface area contributed by atoms with E-state index in [0.717, 1.165) is 285 Å². The van der Waals surface area contributed by atoms with E-state index in [1.165, 1.54) is 61.3 Å². The van der Waals surface area contributed by atoms with Gasteiger partial charge >= 0.3 is 0 Å². The molecule has 0 bridgehead atoms. The van der Waals surface area contributed by atoms with Crippen molar-refractivity contribution in [2.75, 3.05) is 132 Å². The van der Waals surface area contributed by atoms with Crippen LogP contribution in [0.25, 0.3) is 39.0 Å². The summed E-state index contributed by atoms with van der Waals surface area (Å²) in [6.45, 7) is 37.8. The molecule has 0 aliphatic heterocycles. The summed E-state index contributed by atoms with van der Waals surface area (Å²) in [5, 5.41) is 5.05. The second-order valence-corrected chi connectivity index (χ2v) is 36.4. The Kier molecular flexibility index (Phi) is 32.5. The van der Waals surface area contributed by atoms with Crippen molar-refractivity contribution >= 4 is 56.7 Å². The van der Waals surface area contributed by atoms with Crippen molar-refractivity contribution in [3.63, 3.8) is 0 Å². The number of thiophene rings is 5. The molecule has 562 valence electrons. The highest BCUT2D eigenvalue weighted by Crippen LogP contribution is 2.63. The van der Waals surface area contributed by atoms with Crippen LogP contribution in [0.3, 0.4) is 0 Å². The molecule has 0 saturated carbocycles. The third-order valence-corrected chi connectivity index (χ3v) is 28.8. The molecule has 5 heterocycles. The highest BCUT2D eigenvalue weighted by molar-refractivity contribution is 7.30. The van der Waals surface area contributed by atoms with E-state index in [-0.39, 0.29) is 27.1 Å². The van der Waals surface area contributed by atoms with E-state index >= 15 is 0 Å². The predicted octanol–water partition coefficient (Wildman–Crippen LogP) is 22.3. The molecule has 10 nitrogen and oxygen atoms in total. The summed E-state index contributed by atoms with van der Waals surface area (Å²) >= 11 is 10.4. The van der Waals surface area contributed by atoms with Gasteiger partial charge in [0.15, 0.2) is 0 Å². The molecule has 0 fully saturated rings. The Morgan fingerprint density at radius 3 is 0.560 bits per heavy atom. The number of hydrogen-bond donors (Lipinski definition) is 0. The summed E-state index contributed by atoms with van der Waals surface area (Å²) in [5.41, 5.74) is 14.6. The minimum atomic E-state index is -0.198. The quantitative estimate of drug-likeness (QED) is 0.0351. The number of rotatable bonds is 54. The summed E-state index contributed by atoms with van der Waals surface area (Å²) in [7, 11) is 0. The second-order valence-electron chi connectivity index (χ2n) is 31.6. The molecule has 15 heteroatoms. The Hall–Kier alpha value is -1.90. The highest BCUT2D eigenvalue weighted by Gasteiger charge is 2.50. The zero-order valence-electron chi connectivity index (χ0n) is 64.1. The molecule has 5 aromatic rings. The topological polar surface area (TPSA) is 92.3 Å². The van der Waals surface area contributed by atoms with E-state index in [2.05, 4.69) is 114 Å². The molecule has 0 radical (unpaired) electrons. The Labute approximate surface area is 626 Å². The molecule has 5 aromatic heterocycles. The lowest BCUT2D eigenvalue weighted by molar-refractivity contribution is -0.0189. The zero-order chi connectivity index (χ0) is 70.3. The normalized spacial score (nSPS) is 17.3. The molecule has 0 saturated heterocycles. The molecule has 5 aliphatic rings. The average molecular weight is 1470 g/mol. The van der Waals surface area contributed by atoms with Crippen molar-refractivity contribution in [2.45, 2.75) is 262 Å². The van der Waals surface area contributed by atoms with E-state index in [4.69, 9.17) is 47.4 Å². The largest absolute Gasteiger partial charge is 0.381 e. The molecule has 0 N–H and O–H groups in total. The number of unbranched alkanes of at least 4 members (excludes halogenated alkanes) is 10. The van der Waals surface area contributed by atoms with Gasteiger partial charge in [-0.15, -0.1) is 56.7 Å². The summed E-state index contributed by atoms with van der Waals surface area (Å²) < 4.78 is 68.0. The number of ether oxygens (including phenoxy) is 10. The van der Waals surface area contributed by atoms with Crippen molar-refractivity contribution in [2.24, 2.45) is 27.1 Å². The predicted molar refractivity (Wildman–Crippen MR) is 424 cm³/mol. The van der Waals surface area contributed by atoms with Gasteiger partial charge < -0.3 is 47.4 Å². The Bertz CT molecular complexity index is 2960. The van der Waals surface area contributed by atoms with Gasteiger partial charge in [0, 0.05) is 132 Å². The van der Waals surface area contributed by atoms with E-state index < -0.39 is 0 Å². The van der Waals surface area contributed by atoms with Gasteiger partial charge in [-0.25, -0.2) is 0 Å². The summed E-state index contributed by atoms with van der Waals surface area (Å²) in [5.74, 6) is 0. The van der Waals surface area contributed by atoms with Gasteiger partial charge in [0.05, 0.1) is 66.1 Å². The maximum absolute atomic E-state index is 6.94. The van der Waals surface area contributed by atoms with E-state index in [1.807, 2.05) is 22.7 Å². The Morgan fingerprint density at radius 1 is 0.220 bits per heavy atom. The fourth-order valence-corrected chi connectivity index (χ4v) is 23.3. The van der Waals surface area contributed by atoms with Crippen LogP contribution >= 0.6 is 56.7 Å². The summed E-state index contributed by atoms with van der Waals surface area (Å²) in [6.07, 6.45) is 31.7. The SMILES string of the molecule is CCCCOCC1(COCCCC)Cc2csc(-c3sc(-c4sc(-c5sc(-c6scc7c6CC(COCCCC)(COCCCC)C7)c6c5CC(COCCCC)(COCCCC)C6)c5c4CC(COCCCC)(COCCCC)C5)c4c3CC(COCCCC)(COCCCC)C4)c2C1. The van der Waals surface area contributed by atoms with Crippen LogP contribution < -0.4 is 0 Å². The molecule has 0 amide bonds. The lowest BCUT2D eigenvalue weighted by atomic mass is 9.85. The van der Waals surface area contributed by atoms with Gasteiger partial charge in [0.25, 0.3) is 0 Å². The first kappa shape index (κ1) is 80.6. The molecule has 0 atom stereocenters. The molecule has 0 aromatic carbocycles. The van der Waals surface area contributed by atoms with Crippen LogP contribution in [0.5, 0.6) is 0 Å². The standard InChI is InChI=1S/C85H132O10S5/c1-11-21-31-86-53-81(54-87-32-22-12-2)41-63-51-96-73(65(63)43-81)75-67-45-83(57-90-35-25-15-5,58-91-36-26-16-6)47-69(67)77(98-75)79-71-49-85(61-94-39-29-19-9,62-95-40-30-20-10)50-72(71)80(100-79)78-70-48-84(59-92-37-27-17-7,60-93-38-28-18-8)46-68(70)76(99-78)74-66-44-82(42-64(66)52-97-74,55-88-33-23-13-3)56-89-34-24-14-4/h51-52H,11-50,53-62H2,1-10H3. The van der Waals surface area contributed by atoms with Crippen molar-refractivity contribution < 1.29 is 47.4 Å². The lowest BCUT2D eigenvalue weighted by Crippen LogP contribution is -2.34. The second kappa shape index (κ2) is 40.3. The first-order valence-corrected chi connectivity index (χ1v) is 44.6. The fourth-order valence-electron chi connectivity index (χ4n) is 16.3. The molecular weight excluding hydrogens is 1340 g/mol. The summed E-state index contributed by atoms with van der Waals surface area (Å²) in [6, 6.07) is 0. The molecular formula is C85H132O10S5. The third-order valence-electron chi connectivity index (χ3n) is 22.2. The van der Waals surface area contributed by atoms with E-state index in [0.29, 0.717) is 39.6 Å². The minimum Gasteiger partial charge on any atom is -0.381 e. The van der Waals surface area contributed by atoms with Gasteiger partial charge in [-0.3, -0.25) is 0 Å². The van der Waals surface area contributed by atoms with Gasteiger partial charge in [-0.05, 0) is 195 Å². The molecule has 10 rings (SSSR count). The van der Waals surface area contributed by atoms with Crippen LogP contribution in [0.15, 0.2) is 10.8 Å². The number of hydrogen-bond acceptors (Lipinski definition) is 15. The van der Waals surface area contributed by atoms with Crippen LogP contribution in [-0.4, -0.2) is 132 Å². The van der Waals surface area contributed by atoms with E-state index in [1.54, 1.807) is 33.4 Å². The van der Waals surface area contributed by atoms with Gasteiger partial charge in [-0.1, -0.05) is 133 Å². The van der Waals surface area contributed by atoms with Crippen molar-refractivity contribution in [1.29, 1.82) is 0 Å². The van der Waals surface area contributed by atoms with Crippen molar-refractivity contribution in [3.05, 3.63) is 66.4 Å². The average Bonchev–Trinajstić information content (AvgIpc) is 1.55. The lowest BCUT2D eigenvalue weighted by Gasteiger charge is -2.30. The van der Waals surface area contributed by atoms with Gasteiger partial charge in [0.2, 0.25) is 0 Å². The molecule has 0 unspecified atom stereocenters. The zero-order valence-corrected chi connectivity index (χ0v) is 68.2. The molecule has 0 spiro atoms. The van der Waals surface area contributed by atoms with Crippen LogP contribution in [0, 0.1) is 27.1 Å². The maximum atomic E-state index is 6.94. The smallest absolute Gasteiger partial charge is 0.0550 e. The summed E-state index contributed by atoms with van der Waals surface area (Å²) in [4.78, 5) is 11.9. The fraction of sp³-hybridized carbons (Fsp3) is 0.765. The van der Waals surface area contributed by atoms with E-state index in [9.17, 15) is 0 Å². The first-order valence-electron chi connectivity index (χ1n) is 40.4. The highest BCUT2D eigenvalue weighted by atomic mass is 32.1. The van der Waals surface area contributed by atoms with Crippen LogP contribution in [0.2, 0.25) is 0 Å². The molecule has 5 aliphatic carbocycles.